The van der Waals surface area contributed by atoms with Crippen molar-refractivity contribution >= 4 is 23.6 Å². The third-order valence-electron chi connectivity index (χ3n) is 5.76. The van der Waals surface area contributed by atoms with Crippen LogP contribution in [-0.2, 0) is 11.3 Å². The van der Waals surface area contributed by atoms with Crippen LogP contribution in [0.25, 0.3) is 11.6 Å². The Morgan fingerprint density at radius 3 is 2.64 bits per heavy atom. The van der Waals surface area contributed by atoms with Crippen LogP contribution in [0.4, 0.5) is 0 Å². The van der Waals surface area contributed by atoms with E-state index in [4.69, 9.17) is 8.83 Å². The van der Waals surface area contributed by atoms with Gasteiger partial charge in [-0.15, -0.1) is 10.2 Å². The molecule has 1 fully saturated rings. The standard InChI is InChI=1S/C23H29N5O4S/c1-3-27-21(18-8-6-13-31-18)24-25-23(27)33-15-5-4-10-20(29)26-11-12-28(17(2)16-26)22(30)19-9-7-14-32-19/h6-9,13-14,17H,3-5,10-12,15-16H2,1-2H3. The smallest absolute Gasteiger partial charge is 0.289 e. The third kappa shape index (κ3) is 5.32. The number of nitrogens with zero attached hydrogens (tertiary/aromatic N) is 5. The van der Waals surface area contributed by atoms with E-state index >= 15 is 0 Å². The molecular formula is C23H29N5O4S. The van der Waals surface area contributed by atoms with Crippen LogP contribution in [0.1, 0.15) is 43.7 Å². The fourth-order valence-corrected chi connectivity index (χ4v) is 5.00. The van der Waals surface area contributed by atoms with Crippen molar-refractivity contribution < 1.29 is 18.4 Å². The van der Waals surface area contributed by atoms with Gasteiger partial charge in [0.25, 0.3) is 5.91 Å². The zero-order chi connectivity index (χ0) is 23.2. The van der Waals surface area contributed by atoms with E-state index in [2.05, 4.69) is 17.1 Å². The summed E-state index contributed by atoms with van der Waals surface area (Å²) in [5.74, 6) is 2.68. The molecule has 1 saturated heterocycles. The average Bonchev–Trinajstić information content (AvgIpc) is 3.59. The molecule has 9 nitrogen and oxygen atoms in total. The number of unbranched alkanes of at least 4 members (excludes halogenated alkanes) is 1. The molecule has 0 N–H and O–H groups in total. The SMILES string of the molecule is CCn1c(SCCCCC(=O)N2CCN(C(=O)c3ccco3)C(C)C2)nnc1-c1ccco1. The van der Waals surface area contributed by atoms with E-state index in [9.17, 15) is 9.59 Å². The van der Waals surface area contributed by atoms with Gasteiger partial charge in [-0.1, -0.05) is 11.8 Å². The molecule has 0 spiro atoms. The number of thioether (sulfide) groups is 1. The molecule has 0 bridgehead atoms. The van der Waals surface area contributed by atoms with Crippen molar-refractivity contribution in [2.45, 2.75) is 50.9 Å². The summed E-state index contributed by atoms with van der Waals surface area (Å²) in [7, 11) is 0. The number of piperazine rings is 1. The highest BCUT2D eigenvalue weighted by Crippen LogP contribution is 2.25. The van der Waals surface area contributed by atoms with Gasteiger partial charge < -0.3 is 18.6 Å². The van der Waals surface area contributed by atoms with Crippen LogP contribution < -0.4 is 0 Å². The Hall–Kier alpha value is -3.01. The molecular weight excluding hydrogens is 442 g/mol. The van der Waals surface area contributed by atoms with Gasteiger partial charge in [-0.2, -0.15) is 0 Å². The normalized spacial score (nSPS) is 16.4. The van der Waals surface area contributed by atoms with Gasteiger partial charge in [-0.05, 0) is 51.0 Å². The van der Waals surface area contributed by atoms with Gasteiger partial charge >= 0.3 is 0 Å². The first-order valence-electron chi connectivity index (χ1n) is 11.3. The molecule has 0 aliphatic carbocycles. The number of carbonyl (C=O) groups is 2. The molecule has 3 aromatic rings. The number of rotatable bonds is 9. The minimum Gasteiger partial charge on any atom is -0.461 e. The van der Waals surface area contributed by atoms with Crippen molar-refractivity contribution in [2.24, 2.45) is 0 Å². The number of hydrogen-bond donors (Lipinski definition) is 0. The van der Waals surface area contributed by atoms with Gasteiger partial charge in [0.05, 0.1) is 12.5 Å². The highest BCUT2D eigenvalue weighted by atomic mass is 32.2. The highest BCUT2D eigenvalue weighted by Gasteiger charge is 2.31. The Morgan fingerprint density at radius 2 is 1.94 bits per heavy atom. The second-order valence-corrected chi connectivity index (χ2v) is 9.06. The van der Waals surface area contributed by atoms with Gasteiger partial charge in [-0.25, -0.2) is 0 Å². The Kier molecular flexibility index (Phi) is 7.54. The van der Waals surface area contributed by atoms with Gasteiger partial charge in [0.2, 0.25) is 5.91 Å². The topological polar surface area (TPSA) is 97.6 Å². The first-order chi connectivity index (χ1) is 16.1. The van der Waals surface area contributed by atoms with Crippen molar-refractivity contribution in [3.05, 3.63) is 42.6 Å². The van der Waals surface area contributed by atoms with Crippen molar-refractivity contribution in [3.63, 3.8) is 0 Å². The van der Waals surface area contributed by atoms with Gasteiger partial charge in [0, 0.05) is 44.4 Å². The van der Waals surface area contributed by atoms with E-state index in [1.807, 2.05) is 28.5 Å². The lowest BCUT2D eigenvalue weighted by Gasteiger charge is -2.39. The predicted molar refractivity (Wildman–Crippen MR) is 124 cm³/mol. The summed E-state index contributed by atoms with van der Waals surface area (Å²) in [6, 6.07) is 7.06. The van der Waals surface area contributed by atoms with Crippen molar-refractivity contribution in [1.29, 1.82) is 0 Å². The van der Waals surface area contributed by atoms with Crippen molar-refractivity contribution in [1.82, 2.24) is 24.6 Å². The number of carbonyl (C=O) groups excluding carboxylic acids is 2. The van der Waals surface area contributed by atoms with E-state index in [1.165, 1.54) is 6.26 Å². The molecule has 2 amide bonds. The molecule has 0 aromatic carbocycles. The number of aromatic nitrogens is 3. The summed E-state index contributed by atoms with van der Waals surface area (Å²) in [5, 5.41) is 9.42. The van der Waals surface area contributed by atoms with Crippen molar-refractivity contribution in [3.8, 4) is 11.6 Å². The molecule has 0 radical (unpaired) electrons. The minimum atomic E-state index is -0.119. The zero-order valence-electron chi connectivity index (χ0n) is 19.0. The van der Waals surface area contributed by atoms with E-state index in [1.54, 1.807) is 35.1 Å². The van der Waals surface area contributed by atoms with Gasteiger partial charge in [0.1, 0.15) is 0 Å². The van der Waals surface area contributed by atoms with Crippen LogP contribution in [0.5, 0.6) is 0 Å². The van der Waals surface area contributed by atoms with Crippen LogP contribution in [0, 0.1) is 0 Å². The fraction of sp³-hybridized carbons (Fsp3) is 0.478. The Balaban J connectivity index is 1.19. The zero-order valence-corrected chi connectivity index (χ0v) is 19.8. The second-order valence-electron chi connectivity index (χ2n) is 8.00. The molecule has 3 aromatic heterocycles. The fourth-order valence-electron chi connectivity index (χ4n) is 4.00. The summed E-state index contributed by atoms with van der Waals surface area (Å²) >= 11 is 1.65. The molecule has 176 valence electrons. The number of hydrogen-bond acceptors (Lipinski definition) is 7. The Morgan fingerprint density at radius 1 is 1.12 bits per heavy atom. The highest BCUT2D eigenvalue weighted by molar-refractivity contribution is 7.99. The van der Waals surface area contributed by atoms with Gasteiger partial charge in [-0.3, -0.25) is 14.2 Å². The number of furan rings is 2. The summed E-state index contributed by atoms with van der Waals surface area (Å²) in [5.41, 5.74) is 0. The van der Waals surface area contributed by atoms with Crippen LogP contribution in [0.2, 0.25) is 0 Å². The Labute approximate surface area is 197 Å². The first kappa shape index (κ1) is 23.2. The first-order valence-corrected chi connectivity index (χ1v) is 12.3. The van der Waals surface area contributed by atoms with E-state index in [-0.39, 0.29) is 17.9 Å². The summed E-state index contributed by atoms with van der Waals surface area (Å²) in [6.07, 6.45) is 5.37. The van der Waals surface area contributed by atoms with Crippen molar-refractivity contribution in [2.75, 3.05) is 25.4 Å². The maximum absolute atomic E-state index is 12.7. The monoisotopic (exact) mass is 471 g/mol. The average molecular weight is 472 g/mol. The minimum absolute atomic E-state index is 0.0420. The quantitative estimate of drug-likeness (QED) is 0.346. The lowest BCUT2D eigenvalue weighted by atomic mass is 10.1. The molecule has 1 atom stereocenters. The molecule has 1 aliphatic heterocycles. The summed E-state index contributed by atoms with van der Waals surface area (Å²) in [4.78, 5) is 28.9. The molecule has 0 saturated carbocycles. The van der Waals surface area contributed by atoms with Crippen LogP contribution in [0.3, 0.4) is 0 Å². The van der Waals surface area contributed by atoms with E-state index < -0.39 is 0 Å². The van der Waals surface area contributed by atoms with E-state index in [0.29, 0.717) is 37.6 Å². The molecule has 1 aliphatic rings. The molecule has 4 rings (SSSR count). The van der Waals surface area contributed by atoms with Crippen LogP contribution in [0.15, 0.2) is 50.8 Å². The largest absolute Gasteiger partial charge is 0.461 e. The number of amides is 2. The predicted octanol–water partition coefficient (Wildman–Crippen LogP) is 3.79. The van der Waals surface area contributed by atoms with Crippen LogP contribution in [-0.4, -0.2) is 67.8 Å². The third-order valence-corrected chi connectivity index (χ3v) is 6.82. The maximum Gasteiger partial charge on any atom is 0.289 e. The summed E-state index contributed by atoms with van der Waals surface area (Å²) in [6.45, 7) is 6.41. The van der Waals surface area contributed by atoms with Crippen LogP contribution >= 0.6 is 11.8 Å². The van der Waals surface area contributed by atoms with E-state index in [0.717, 1.165) is 36.1 Å². The lowest BCUT2D eigenvalue weighted by molar-refractivity contribution is -0.133. The molecule has 10 heteroatoms. The second kappa shape index (κ2) is 10.7. The molecule has 33 heavy (non-hydrogen) atoms. The lowest BCUT2D eigenvalue weighted by Crippen LogP contribution is -2.55. The summed E-state index contributed by atoms with van der Waals surface area (Å²) < 4.78 is 12.7. The molecule has 1 unspecified atom stereocenters. The maximum atomic E-state index is 12.7. The van der Waals surface area contributed by atoms with Gasteiger partial charge in [0.15, 0.2) is 22.5 Å². The molecule has 4 heterocycles. The Bertz CT molecular complexity index is 1050.